The number of H-pyrrole nitrogens is 1. The lowest BCUT2D eigenvalue weighted by atomic mass is 9.91. The normalized spacial score (nSPS) is 12.1. The number of aromatic nitrogens is 1. The number of carbonyl (C=O) groups is 1. The number of aromatic amines is 1. The number of nitrogens with one attached hydrogen (secondary N) is 2. The second-order valence-electron chi connectivity index (χ2n) is 5.62. The van der Waals surface area contributed by atoms with Crippen molar-refractivity contribution in [1.82, 2.24) is 10.3 Å². The van der Waals surface area contributed by atoms with Crippen LogP contribution in [0, 0.1) is 0 Å². The van der Waals surface area contributed by atoms with E-state index in [1.807, 2.05) is 48.7 Å². The fraction of sp³-hybridized carbons (Fsp3) is 0.211. The Morgan fingerprint density at radius 1 is 1.21 bits per heavy atom. The number of benzene rings is 2. The summed E-state index contributed by atoms with van der Waals surface area (Å²) >= 11 is 0. The molecule has 0 aliphatic carbocycles. The van der Waals surface area contributed by atoms with Gasteiger partial charge in [0, 0.05) is 29.6 Å². The Labute approximate surface area is 140 Å². The van der Waals surface area contributed by atoms with Crippen LogP contribution in [0.25, 0.3) is 10.9 Å². The van der Waals surface area contributed by atoms with E-state index in [1.165, 1.54) is 0 Å². The molecule has 4 N–H and O–H groups in total. The van der Waals surface area contributed by atoms with Crippen molar-refractivity contribution in [3.63, 3.8) is 0 Å². The Morgan fingerprint density at radius 3 is 2.67 bits per heavy atom. The van der Waals surface area contributed by atoms with Crippen molar-refractivity contribution in [2.45, 2.75) is 5.92 Å². The molecule has 5 heteroatoms. The highest BCUT2D eigenvalue weighted by atomic mass is 16.5. The Morgan fingerprint density at radius 2 is 1.96 bits per heavy atom. The number of hydrogen-bond donors (Lipinski definition) is 3. The second-order valence-corrected chi connectivity index (χ2v) is 5.62. The summed E-state index contributed by atoms with van der Waals surface area (Å²) in [5.41, 5.74) is 8.74. The first-order valence-electron chi connectivity index (χ1n) is 7.89. The quantitative estimate of drug-likeness (QED) is 0.651. The molecule has 1 amide bonds. The molecule has 0 radical (unpaired) electrons. The van der Waals surface area contributed by atoms with E-state index in [0.29, 0.717) is 6.54 Å². The maximum Gasteiger partial charge on any atom is 0.233 e. The van der Waals surface area contributed by atoms with Gasteiger partial charge in [0.25, 0.3) is 0 Å². The third kappa shape index (κ3) is 3.26. The number of carbonyl (C=O) groups excluding carboxylic acids is 1. The predicted octanol–water partition coefficient (Wildman–Crippen LogP) is 2.38. The number of fused-ring (bicyclic) bond motifs is 1. The van der Waals surface area contributed by atoms with Crippen molar-refractivity contribution in [3.8, 4) is 5.75 Å². The third-order valence-electron chi connectivity index (χ3n) is 4.20. The van der Waals surface area contributed by atoms with E-state index in [-0.39, 0.29) is 18.4 Å². The molecule has 5 nitrogen and oxygen atoms in total. The van der Waals surface area contributed by atoms with Gasteiger partial charge in [0.1, 0.15) is 5.75 Å². The van der Waals surface area contributed by atoms with Crippen LogP contribution >= 0.6 is 0 Å². The van der Waals surface area contributed by atoms with Crippen LogP contribution in [-0.4, -0.2) is 31.1 Å². The smallest absolute Gasteiger partial charge is 0.233 e. The molecule has 3 rings (SSSR count). The van der Waals surface area contributed by atoms with Crippen LogP contribution in [0.3, 0.4) is 0 Å². The molecule has 1 heterocycles. The lowest BCUT2D eigenvalue weighted by Gasteiger charge is -2.18. The molecule has 1 unspecified atom stereocenters. The van der Waals surface area contributed by atoms with E-state index in [0.717, 1.165) is 27.8 Å². The van der Waals surface area contributed by atoms with Crippen molar-refractivity contribution in [2.24, 2.45) is 5.73 Å². The number of methoxy groups -OCH3 is 1. The molecule has 124 valence electrons. The Bertz CT molecular complexity index is 824. The first kappa shape index (κ1) is 16.1. The minimum Gasteiger partial charge on any atom is -0.497 e. The molecule has 0 spiro atoms. The SMILES string of the molecule is COc1ccc(C(CNC(=O)CN)c2c[nH]c3ccccc23)cc1. The zero-order valence-corrected chi connectivity index (χ0v) is 13.6. The van der Waals surface area contributed by atoms with Crippen LogP contribution in [0.2, 0.25) is 0 Å². The van der Waals surface area contributed by atoms with Crippen LogP contribution in [0.15, 0.2) is 54.7 Å². The molecule has 2 aromatic carbocycles. The molecule has 0 aliphatic heterocycles. The number of para-hydroxylation sites is 1. The maximum atomic E-state index is 11.6. The van der Waals surface area contributed by atoms with Gasteiger partial charge in [-0.05, 0) is 29.3 Å². The van der Waals surface area contributed by atoms with E-state index in [1.54, 1.807) is 7.11 Å². The molecule has 3 aromatic rings. The van der Waals surface area contributed by atoms with Gasteiger partial charge in [0.05, 0.1) is 13.7 Å². The summed E-state index contributed by atoms with van der Waals surface area (Å²) in [7, 11) is 1.65. The van der Waals surface area contributed by atoms with Gasteiger partial charge in [0.2, 0.25) is 5.91 Å². The largest absolute Gasteiger partial charge is 0.497 e. The summed E-state index contributed by atoms with van der Waals surface area (Å²) < 4.78 is 5.23. The standard InChI is InChI=1S/C19H21N3O2/c1-24-14-8-6-13(7-9-14)16(11-22-19(23)10-20)17-12-21-18-5-3-2-4-15(17)18/h2-9,12,16,21H,10-11,20H2,1H3,(H,22,23). The predicted molar refractivity (Wildman–Crippen MR) is 95.2 cm³/mol. The van der Waals surface area contributed by atoms with E-state index in [9.17, 15) is 4.79 Å². The molecule has 1 aromatic heterocycles. The van der Waals surface area contributed by atoms with E-state index >= 15 is 0 Å². The van der Waals surface area contributed by atoms with Crippen molar-refractivity contribution >= 4 is 16.8 Å². The Hall–Kier alpha value is -2.79. The zero-order chi connectivity index (χ0) is 16.9. The number of hydrogen-bond acceptors (Lipinski definition) is 3. The van der Waals surface area contributed by atoms with Gasteiger partial charge in [-0.2, -0.15) is 0 Å². The minimum atomic E-state index is -0.159. The number of rotatable bonds is 6. The molecule has 24 heavy (non-hydrogen) atoms. The van der Waals surface area contributed by atoms with Gasteiger partial charge in [-0.25, -0.2) is 0 Å². The Balaban J connectivity index is 1.98. The van der Waals surface area contributed by atoms with Gasteiger partial charge in [-0.3, -0.25) is 4.79 Å². The molecule has 1 atom stereocenters. The average molecular weight is 323 g/mol. The third-order valence-corrected chi connectivity index (χ3v) is 4.20. The van der Waals surface area contributed by atoms with Gasteiger partial charge in [-0.1, -0.05) is 30.3 Å². The van der Waals surface area contributed by atoms with Crippen molar-refractivity contribution in [2.75, 3.05) is 20.2 Å². The number of nitrogens with two attached hydrogens (primary N) is 1. The summed E-state index contributed by atoms with van der Waals surface area (Å²) in [6.45, 7) is 0.480. The van der Waals surface area contributed by atoms with Crippen LogP contribution < -0.4 is 15.8 Å². The monoisotopic (exact) mass is 323 g/mol. The van der Waals surface area contributed by atoms with Gasteiger partial charge in [0.15, 0.2) is 0 Å². The molecule has 0 fully saturated rings. The fourth-order valence-corrected chi connectivity index (χ4v) is 2.91. The van der Waals surface area contributed by atoms with Crippen molar-refractivity contribution in [3.05, 3.63) is 65.9 Å². The van der Waals surface area contributed by atoms with Crippen LogP contribution in [0.1, 0.15) is 17.0 Å². The summed E-state index contributed by atoms with van der Waals surface area (Å²) in [5, 5.41) is 4.06. The summed E-state index contributed by atoms with van der Waals surface area (Å²) in [6.07, 6.45) is 2.01. The van der Waals surface area contributed by atoms with Crippen LogP contribution in [-0.2, 0) is 4.79 Å². The highest BCUT2D eigenvalue weighted by Crippen LogP contribution is 2.31. The highest BCUT2D eigenvalue weighted by Gasteiger charge is 2.19. The molecule has 0 bridgehead atoms. The van der Waals surface area contributed by atoms with Gasteiger partial charge in [-0.15, -0.1) is 0 Å². The van der Waals surface area contributed by atoms with Crippen molar-refractivity contribution < 1.29 is 9.53 Å². The average Bonchev–Trinajstić information content (AvgIpc) is 3.06. The molecular formula is C19H21N3O2. The number of ether oxygens (including phenoxy) is 1. The Kier molecular flexibility index (Phi) is 4.82. The van der Waals surface area contributed by atoms with Crippen LogP contribution in [0.5, 0.6) is 5.75 Å². The summed E-state index contributed by atoms with van der Waals surface area (Å²) in [5.74, 6) is 0.679. The first-order valence-corrected chi connectivity index (χ1v) is 7.89. The summed E-state index contributed by atoms with van der Waals surface area (Å²) in [6, 6.07) is 16.1. The van der Waals surface area contributed by atoms with E-state index in [4.69, 9.17) is 10.5 Å². The van der Waals surface area contributed by atoms with Crippen molar-refractivity contribution in [1.29, 1.82) is 0 Å². The zero-order valence-electron chi connectivity index (χ0n) is 13.6. The molecule has 0 aliphatic rings. The highest BCUT2D eigenvalue weighted by molar-refractivity contribution is 5.84. The minimum absolute atomic E-state index is 0.0107. The lowest BCUT2D eigenvalue weighted by molar-refractivity contribution is -0.119. The fourth-order valence-electron chi connectivity index (χ4n) is 2.91. The lowest BCUT2D eigenvalue weighted by Crippen LogP contribution is -2.33. The first-order chi connectivity index (χ1) is 11.7. The van der Waals surface area contributed by atoms with Crippen LogP contribution in [0.4, 0.5) is 0 Å². The molecule has 0 saturated carbocycles. The molecular weight excluding hydrogens is 302 g/mol. The summed E-state index contributed by atoms with van der Waals surface area (Å²) in [4.78, 5) is 14.9. The second kappa shape index (κ2) is 7.19. The van der Waals surface area contributed by atoms with Gasteiger partial charge >= 0.3 is 0 Å². The molecule has 0 saturated heterocycles. The number of amides is 1. The van der Waals surface area contributed by atoms with Gasteiger partial charge < -0.3 is 20.8 Å². The maximum absolute atomic E-state index is 11.6. The van der Waals surface area contributed by atoms with E-state index < -0.39 is 0 Å². The van der Waals surface area contributed by atoms with E-state index in [2.05, 4.69) is 16.4 Å². The topological polar surface area (TPSA) is 80.1 Å².